The molecule has 2 aliphatic heterocycles. The van der Waals surface area contributed by atoms with Gasteiger partial charge in [-0.25, -0.2) is 9.98 Å². The topological polar surface area (TPSA) is 33.4 Å². The van der Waals surface area contributed by atoms with Crippen LogP contribution in [0.1, 0.15) is 16.6 Å². The van der Waals surface area contributed by atoms with Crippen molar-refractivity contribution in [3.8, 4) is 0 Å². The number of fused-ring (bicyclic) bond motifs is 3. The first-order valence-corrected chi connectivity index (χ1v) is 7.47. The summed E-state index contributed by atoms with van der Waals surface area (Å²) in [4.78, 5) is 11.2. The van der Waals surface area contributed by atoms with Gasteiger partial charge in [0.2, 0.25) is 0 Å². The van der Waals surface area contributed by atoms with Crippen molar-refractivity contribution >= 4 is 23.9 Å². The lowest BCUT2D eigenvalue weighted by Crippen LogP contribution is -2.25. The molecule has 5 heteroatoms. The van der Waals surface area contributed by atoms with Gasteiger partial charge in [0.1, 0.15) is 5.37 Å². The first kappa shape index (κ1) is 11.1. The van der Waals surface area contributed by atoms with Crippen molar-refractivity contribution in [2.45, 2.75) is 11.9 Å². The molecule has 0 saturated carbocycles. The number of imidazole rings is 1. The van der Waals surface area contributed by atoms with E-state index in [1.165, 1.54) is 11.3 Å². The predicted molar refractivity (Wildman–Crippen MR) is 77.8 cm³/mol. The van der Waals surface area contributed by atoms with Gasteiger partial charge in [-0.05, 0) is 5.56 Å². The summed E-state index contributed by atoms with van der Waals surface area (Å²) in [6.45, 7) is 1.94. The molecule has 96 valence electrons. The second-order valence-electron chi connectivity index (χ2n) is 4.77. The van der Waals surface area contributed by atoms with Gasteiger partial charge >= 0.3 is 0 Å². The molecule has 1 unspecified atom stereocenters. The normalized spacial score (nSPS) is 20.4. The van der Waals surface area contributed by atoms with Crippen molar-refractivity contribution in [1.29, 1.82) is 0 Å². The minimum absolute atomic E-state index is 0.388. The van der Waals surface area contributed by atoms with Gasteiger partial charge in [-0.1, -0.05) is 30.3 Å². The van der Waals surface area contributed by atoms with E-state index in [0.29, 0.717) is 5.37 Å². The van der Waals surface area contributed by atoms with Gasteiger partial charge in [0.05, 0.1) is 18.4 Å². The number of aromatic nitrogens is 2. The quantitative estimate of drug-likeness (QED) is 0.841. The average Bonchev–Trinajstić information content (AvgIpc) is 3.06. The third-order valence-electron chi connectivity index (χ3n) is 3.54. The van der Waals surface area contributed by atoms with Gasteiger partial charge in [-0.2, -0.15) is 0 Å². The summed E-state index contributed by atoms with van der Waals surface area (Å²) in [6, 6.07) is 10.5. The lowest BCUT2D eigenvalue weighted by Gasteiger charge is -2.25. The van der Waals surface area contributed by atoms with E-state index < -0.39 is 0 Å². The third kappa shape index (κ3) is 1.85. The molecule has 3 heterocycles. The Balaban J connectivity index is 1.72. The minimum Gasteiger partial charge on any atom is -0.344 e. The van der Waals surface area contributed by atoms with E-state index in [1.807, 2.05) is 30.5 Å². The molecule has 0 radical (unpaired) electrons. The van der Waals surface area contributed by atoms with Gasteiger partial charge < -0.3 is 9.47 Å². The molecule has 2 aromatic rings. The highest BCUT2D eigenvalue weighted by atomic mass is 32.2. The van der Waals surface area contributed by atoms with Crippen LogP contribution < -0.4 is 0 Å². The molecule has 1 saturated heterocycles. The van der Waals surface area contributed by atoms with Crippen LogP contribution in [-0.4, -0.2) is 33.1 Å². The molecule has 0 spiro atoms. The molecule has 0 N–H and O–H groups in total. The summed E-state index contributed by atoms with van der Waals surface area (Å²) in [5.74, 6) is 2.04. The SMILES string of the molecule is C1=Nc2ncn(Cc3ccccc3)c2C2SCCN12. The van der Waals surface area contributed by atoms with Crippen LogP contribution in [0.5, 0.6) is 0 Å². The maximum Gasteiger partial charge on any atom is 0.177 e. The smallest absolute Gasteiger partial charge is 0.177 e. The summed E-state index contributed by atoms with van der Waals surface area (Å²) in [5.41, 5.74) is 2.54. The summed E-state index contributed by atoms with van der Waals surface area (Å²) in [7, 11) is 0. The second-order valence-corrected chi connectivity index (χ2v) is 5.96. The number of aliphatic imine (C=N–C) groups is 1. The van der Waals surface area contributed by atoms with E-state index in [4.69, 9.17) is 0 Å². The average molecular weight is 270 g/mol. The highest BCUT2D eigenvalue weighted by Crippen LogP contribution is 2.43. The first-order chi connectivity index (χ1) is 9.42. The fraction of sp³-hybridized carbons (Fsp3) is 0.286. The Morgan fingerprint density at radius 3 is 3.05 bits per heavy atom. The Kier molecular flexibility index (Phi) is 2.58. The fourth-order valence-corrected chi connectivity index (χ4v) is 3.89. The molecule has 19 heavy (non-hydrogen) atoms. The van der Waals surface area contributed by atoms with Gasteiger partial charge in [-0.3, -0.25) is 0 Å². The number of benzene rings is 1. The molecule has 0 bridgehead atoms. The lowest BCUT2D eigenvalue weighted by molar-refractivity contribution is 0.441. The number of rotatable bonds is 2. The zero-order valence-electron chi connectivity index (χ0n) is 10.4. The number of thioether (sulfide) groups is 1. The summed E-state index contributed by atoms with van der Waals surface area (Å²) in [5, 5.41) is 0.388. The highest BCUT2D eigenvalue weighted by molar-refractivity contribution is 7.99. The van der Waals surface area contributed by atoms with E-state index >= 15 is 0 Å². The van der Waals surface area contributed by atoms with Crippen molar-refractivity contribution in [2.24, 2.45) is 4.99 Å². The second kappa shape index (κ2) is 4.42. The Morgan fingerprint density at radius 1 is 1.26 bits per heavy atom. The Bertz CT molecular complexity index is 620. The maximum atomic E-state index is 4.45. The Morgan fingerprint density at radius 2 is 2.16 bits per heavy atom. The van der Waals surface area contributed by atoms with Crippen LogP contribution in [0.2, 0.25) is 0 Å². The lowest BCUT2D eigenvalue weighted by atomic mass is 10.2. The van der Waals surface area contributed by atoms with Gasteiger partial charge in [0.25, 0.3) is 0 Å². The van der Waals surface area contributed by atoms with Crippen LogP contribution in [-0.2, 0) is 6.54 Å². The first-order valence-electron chi connectivity index (χ1n) is 6.42. The predicted octanol–water partition coefficient (Wildman–Crippen LogP) is 2.65. The largest absolute Gasteiger partial charge is 0.344 e. The molecule has 1 fully saturated rings. The molecule has 0 amide bonds. The molecular formula is C14H14N4S. The van der Waals surface area contributed by atoms with Crippen LogP contribution in [0, 0.1) is 0 Å². The Labute approximate surface area is 116 Å². The van der Waals surface area contributed by atoms with Gasteiger partial charge in [-0.15, -0.1) is 11.8 Å². The molecule has 2 aliphatic rings. The summed E-state index contributed by atoms with van der Waals surface area (Å²) >= 11 is 1.97. The molecule has 4 rings (SSSR count). The number of nitrogens with zero attached hydrogens (tertiary/aromatic N) is 4. The Hall–Kier alpha value is -1.75. The molecule has 1 atom stereocenters. The van der Waals surface area contributed by atoms with Crippen LogP contribution in [0.25, 0.3) is 0 Å². The van der Waals surface area contributed by atoms with E-state index in [0.717, 1.165) is 24.7 Å². The van der Waals surface area contributed by atoms with Crippen molar-refractivity contribution < 1.29 is 0 Å². The van der Waals surface area contributed by atoms with E-state index in [-0.39, 0.29) is 0 Å². The molecular weight excluding hydrogens is 256 g/mol. The molecule has 1 aromatic carbocycles. The van der Waals surface area contributed by atoms with Crippen molar-refractivity contribution in [2.75, 3.05) is 12.3 Å². The number of hydrogen-bond acceptors (Lipinski definition) is 4. The molecule has 0 aliphatic carbocycles. The molecule has 4 nitrogen and oxygen atoms in total. The monoisotopic (exact) mass is 270 g/mol. The van der Waals surface area contributed by atoms with Crippen molar-refractivity contribution in [3.05, 3.63) is 47.9 Å². The van der Waals surface area contributed by atoms with Gasteiger partial charge in [0.15, 0.2) is 5.82 Å². The van der Waals surface area contributed by atoms with E-state index in [2.05, 4.69) is 43.7 Å². The van der Waals surface area contributed by atoms with Gasteiger partial charge in [0, 0.05) is 18.8 Å². The molecule has 1 aromatic heterocycles. The maximum absolute atomic E-state index is 4.45. The standard InChI is InChI=1S/C14H14N4S/c1-2-4-11(5-3-1)8-18-10-16-13-12(18)14-17(9-15-13)6-7-19-14/h1-5,9-10,14H,6-8H2. The van der Waals surface area contributed by atoms with E-state index in [9.17, 15) is 0 Å². The van der Waals surface area contributed by atoms with Crippen molar-refractivity contribution in [3.63, 3.8) is 0 Å². The summed E-state index contributed by atoms with van der Waals surface area (Å²) in [6.07, 6.45) is 3.85. The summed E-state index contributed by atoms with van der Waals surface area (Å²) < 4.78 is 2.23. The zero-order chi connectivity index (χ0) is 12.7. The zero-order valence-corrected chi connectivity index (χ0v) is 11.3. The van der Waals surface area contributed by atoms with Crippen LogP contribution in [0.15, 0.2) is 41.7 Å². The van der Waals surface area contributed by atoms with E-state index in [1.54, 1.807) is 0 Å². The minimum atomic E-state index is 0.388. The third-order valence-corrected chi connectivity index (χ3v) is 4.77. The number of hydrogen-bond donors (Lipinski definition) is 0. The van der Waals surface area contributed by atoms with Crippen molar-refractivity contribution in [1.82, 2.24) is 14.5 Å². The highest BCUT2D eigenvalue weighted by Gasteiger charge is 2.33. The van der Waals surface area contributed by atoms with Crippen LogP contribution in [0.4, 0.5) is 5.82 Å². The van der Waals surface area contributed by atoms with Crippen LogP contribution >= 0.6 is 11.8 Å². The fourth-order valence-electron chi connectivity index (χ4n) is 2.60. The van der Waals surface area contributed by atoms with Crippen LogP contribution in [0.3, 0.4) is 0 Å².